The number of hydrogen-bond donors (Lipinski definition) is 1. The summed E-state index contributed by atoms with van der Waals surface area (Å²) < 4.78 is 7.61. The summed E-state index contributed by atoms with van der Waals surface area (Å²) in [7, 11) is 0. The van der Waals surface area contributed by atoms with Gasteiger partial charge in [-0.2, -0.15) is 0 Å². The lowest BCUT2D eigenvalue weighted by molar-refractivity contribution is 0.619. The number of hydrogen-bond acceptors (Lipinski definition) is 3. The van der Waals surface area contributed by atoms with E-state index >= 15 is 0 Å². The standard InChI is InChI=1S/C15H12Br2N2O/c1-7-3-4-12-11(5-7)19-15(20-12)13-8(2)14(18)10(17)6-9(13)16/h3-6H,18H2,1-2H3. The average molecular weight is 396 g/mol. The molecule has 0 aliphatic heterocycles. The van der Waals surface area contributed by atoms with Crippen LogP contribution in [0.1, 0.15) is 11.1 Å². The van der Waals surface area contributed by atoms with Crippen molar-refractivity contribution < 1.29 is 4.42 Å². The van der Waals surface area contributed by atoms with Gasteiger partial charge in [0.05, 0.1) is 5.56 Å². The Hall–Kier alpha value is -1.33. The first kappa shape index (κ1) is 13.6. The van der Waals surface area contributed by atoms with E-state index in [9.17, 15) is 0 Å². The lowest BCUT2D eigenvalue weighted by atomic mass is 10.1. The van der Waals surface area contributed by atoms with Crippen molar-refractivity contribution in [2.45, 2.75) is 13.8 Å². The first-order chi connectivity index (χ1) is 9.47. The van der Waals surface area contributed by atoms with Crippen LogP contribution in [-0.2, 0) is 0 Å². The van der Waals surface area contributed by atoms with Gasteiger partial charge in [0.2, 0.25) is 5.89 Å². The number of aromatic nitrogens is 1. The minimum absolute atomic E-state index is 0.578. The molecule has 5 heteroatoms. The van der Waals surface area contributed by atoms with Crippen LogP contribution < -0.4 is 5.73 Å². The maximum atomic E-state index is 6.07. The number of oxazole rings is 1. The third-order valence-electron chi connectivity index (χ3n) is 3.29. The number of nitrogens with two attached hydrogens (primary N) is 1. The van der Waals surface area contributed by atoms with Crippen LogP contribution in [0.2, 0.25) is 0 Å². The van der Waals surface area contributed by atoms with Gasteiger partial charge in [0.1, 0.15) is 5.52 Å². The zero-order valence-corrected chi connectivity index (χ0v) is 14.2. The molecule has 3 rings (SSSR count). The Morgan fingerprint density at radius 1 is 1.10 bits per heavy atom. The zero-order chi connectivity index (χ0) is 14.4. The predicted molar refractivity (Wildman–Crippen MR) is 88.7 cm³/mol. The van der Waals surface area contributed by atoms with Gasteiger partial charge in [0.25, 0.3) is 0 Å². The van der Waals surface area contributed by atoms with Crippen molar-refractivity contribution >= 4 is 48.6 Å². The Labute approximate surface area is 133 Å². The van der Waals surface area contributed by atoms with E-state index in [1.54, 1.807) is 0 Å². The Morgan fingerprint density at radius 3 is 2.60 bits per heavy atom. The van der Waals surface area contributed by atoms with Gasteiger partial charge in [-0.15, -0.1) is 0 Å². The van der Waals surface area contributed by atoms with Gasteiger partial charge in [0, 0.05) is 14.6 Å². The second kappa shape index (κ2) is 4.90. The Bertz CT molecular complexity index is 824. The Morgan fingerprint density at radius 2 is 1.85 bits per heavy atom. The average Bonchev–Trinajstić information content (AvgIpc) is 2.78. The molecular weight excluding hydrogens is 384 g/mol. The molecule has 1 aromatic heterocycles. The maximum Gasteiger partial charge on any atom is 0.228 e. The van der Waals surface area contributed by atoms with Crippen molar-refractivity contribution in [3.63, 3.8) is 0 Å². The van der Waals surface area contributed by atoms with Gasteiger partial charge < -0.3 is 10.2 Å². The molecule has 0 bridgehead atoms. The Balaban J connectivity index is 2.28. The van der Waals surface area contributed by atoms with Crippen molar-refractivity contribution in [3.05, 3.63) is 44.3 Å². The summed E-state index contributed by atoms with van der Waals surface area (Å²) in [6, 6.07) is 7.87. The Kier molecular flexibility index (Phi) is 3.34. The van der Waals surface area contributed by atoms with Gasteiger partial charge in [0.15, 0.2) is 5.58 Å². The van der Waals surface area contributed by atoms with Crippen molar-refractivity contribution in [3.8, 4) is 11.5 Å². The SMILES string of the molecule is Cc1ccc2oc(-c3c(Br)cc(Br)c(N)c3C)nc2c1. The first-order valence-corrected chi connectivity index (χ1v) is 7.67. The molecule has 0 aliphatic rings. The fourth-order valence-corrected chi connectivity index (χ4v) is 3.69. The lowest BCUT2D eigenvalue weighted by Gasteiger charge is -2.09. The number of nitrogens with zero attached hydrogens (tertiary/aromatic N) is 1. The number of halogens is 2. The number of nitrogen functional groups attached to an aromatic ring is 1. The van der Waals surface area contributed by atoms with Crippen LogP contribution in [0.5, 0.6) is 0 Å². The molecule has 2 aromatic carbocycles. The molecule has 0 aliphatic carbocycles. The van der Waals surface area contributed by atoms with Crippen LogP contribution in [0.15, 0.2) is 37.6 Å². The van der Waals surface area contributed by atoms with Crippen molar-refractivity contribution in [1.82, 2.24) is 4.98 Å². The first-order valence-electron chi connectivity index (χ1n) is 6.09. The number of aryl methyl sites for hydroxylation is 1. The van der Waals surface area contributed by atoms with Gasteiger partial charge in [-0.3, -0.25) is 0 Å². The molecule has 1 heterocycles. The zero-order valence-electron chi connectivity index (χ0n) is 11.0. The highest BCUT2D eigenvalue weighted by molar-refractivity contribution is 9.11. The third kappa shape index (κ3) is 2.15. The second-order valence-corrected chi connectivity index (χ2v) is 6.45. The summed E-state index contributed by atoms with van der Waals surface area (Å²) in [5.41, 5.74) is 11.4. The van der Waals surface area contributed by atoms with E-state index in [1.807, 2.05) is 38.1 Å². The minimum atomic E-state index is 0.578. The molecule has 0 saturated carbocycles. The molecule has 3 aromatic rings. The van der Waals surface area contributed by atoms with E-state index in [4.69, 9.17) is 10.2 Å². The summed E-state index contributed by atoms with van der Waals surface area (Å²) in [6.45, 7) is 3.99. The van der Waals surface area contributed by atoms with Crippen LogP contribution in [0, 0.1) is 13.8 Å². The molecule has 2 N–H and O–H groups in total. The molecule has 20 heavy (non-hydrogen) atoms. The molecular formula is C15H12Br2N2O. The highest BCUT2D eigenvalue weighted by Gasteiger charge is 2.17. The van der Waals surface area contributed by atoms with E-state index in [0.717, 1.165) is 36.7 Å². The minimum Gasteiger partial charge on any atom is -0.436 e. The fourth-order valence-electron chi connectivity index (χ4n) is 2.16. The van der Waals surface area contributed by atoms with Crippen molar-refractivity contribution in [2.24, 2.45) is 0 Å². The largest absolute Gasteiger partial charge is 0.436 e. The molecule has 3 nitrogen and oxygen atoms in total. The topological polar surface area (TPSA) is 52.0 Å². The van der Waals surface area contributed by atoms with Gasteiger partial charge >= 0.3 is 0 Å². The summed E-state index contributed by atoms with van der Waals surface area (Å²) in [6.07, 6.45) is 0. The van der Waals surface area contributed by atoms with E-state index in [1.165, 1.54) is 0 Å². The molecule has 0 spiro atoms. The highest BCUT2D eigenvalue weighted by Crippen LogP contribution is 2.39. The van der Waals surface area contributed by atoms with E-state index < -0.39 is 0 Å². The highest BCUT2D eigenvalue weighted by atomic mass is 79.9. The van der Waals surface area contributed by atoms with E-state index in [2.05, 4.69) is 36.8 Å². The van der Waals surface area contributed by atoms with Crippen LogP contribution in [-0.4, -0.2) is 4.98 Å². The molecule has 102 valence electrons. The van der Waals surface area contributed by atoms with Crippen LogP contribution in [0.3, 0.4) is 0 Å². The molecule has 0 radical (unpaired) electrons. The number of fused-ring (bicyclic) bond motifs is 1. The van der Waals surface area contributed by atoms with E-state index in [0.29, 0.717) is 11.6 Å². The molecule has 0 fully saturated rings. The quantitative estimate of drug-likeness (QED) is 0.574. The van der Waals surface area contributed by atoms with Crippen LogP contribution >= 0.6 is 31.9 Å². The molecule has 0 unspecified atom stereocenters. The van der Waals surface area contributed by atoms with Gasteiger partial charge in [-0.1, -0.05) is 6.07 Å². The van der Waals surface area contributed by atoms with Gasteiger partial charge in [-0.25, -0.2) is 4.98 Å². The second-order valence-electron chi connectivity index (χ2n) is 4.74. The third-order valence-corrected chi connectivity index (χ3v) is 4.57. The number of anilines is 1. The molecule has 0 saturated heterocycles. The van der Waals surface area contributed by atoms with Crippen molar-refractivity contribution in [1.29, 1.82) is 0 Å². The number of rotatable bonds is 1. The van der Waals surface area contributed by atoms with Gasteiger partial charge in [-0.05, 0) is 75.0 Å². The number of benzene rings is 2. The summed E-state index contributed by atoms with van der Waals surface area (Å²) in [5.74, 6) is 0.578. The summed E-state index contributed by atoms with van der Waals surface area (Å²) >= 11 is 7.00. The smallest absolute Gasteiger partial charge is 0.228 e. The van der Waals surface area contributed by atoms with E-state index in [-0.39, 0.29) is 0 Å². The van der Waals surface area contributed by atoms with Crippen molar-refractivity contribution in [2.75, 3.05) is 5.73 Å². The fraction of sp³-hybridized carbons (Fsp3) is 0.133. The normalized spacial score (nSPS) is 11.2. The van der Waals surface area contributed by atoms with Crippen LogP contribution in [0.4, 0.5) is 5.69 Å². The van der Waals surface area contributed by atoms with Crippen LogP contribution in [0.25, 0.3) is 22.6 Å². The molecule has 0 atom stereocenters. The maximum absolute atomic E-state index is 6.07. The molecule has 0 amide bonds. The lowest BCUT2D eigenvalue weighted by Crippen LogP contribution is -1.95. The predicted octanol–water partition coefficient (Wildman–Crippen LogP) is 5.22. The summed E-state index contributed by atoms with van der Waals surface area (Å²) in [5, 5.41) is 0. The monoisotopic (exact) mass is 394 g/mol. The summed E-state index contributed by atoms with van der Waals surface area (Å²) in [4.78, 5) is 4.57.